The molecule has 18 heavy (non-hydrogen) atoms. The number of rotatable bonds is 2. The number of benzene rings is 1. The van der Waals surface area contributed by atoms with Gasteiger partial charge in [0.25, 0.3) is 0 Å². The average Bonchev–Trinajstić information content (AvgIpc) is 2.32. The summed E-state index contributed by atoms with van der Waals surface area (Å²) in [5.41, 5.74) is 10.7. The maximum atomic E-state index is 13.2. The molecule has 0 saturated carbocycles. The minimum atomic E-state index is -0.315. The molecule has 0 radical (unpaired) electrons. The zero-order chi connectivity index (χ0) is 13.3. The molecule has 0 fully saturated rings. The van der Waals surface area contributed by atoms with Gasteiger partial charge in [-0.15, -0.1) is 0 Å². The van der Waals surface area contributed by atoms with Gasteiger partial charge in [-0.25, -0.2) is 4.39 Å². The number of hydrogen-bond acceptors (Lipinski definition) is 2. The van der Waals surface area contributed by atoms with Crippen LogP contribution < -0.4 is 5.73 Å². The van der Waals surface area contributed by atoms with E-state index in [0.29, 0.717) is 5.56 Å². The van der Waals surface area contributed by atoms with Crippen molar-refractivity contribution in [3.63, 3.8) is 0 Å². The first-order chi connectivity index (χ1) is 8.49. The Morgan fingerprint density at radius 2 is 1.83 bits per heavy atom. The van der Waals surface area contributed by atoms with Crippen LogP contribution in [0.2, 0.25) is 0 Å². The zero-order valence-corrected chi connectivity index (χ0v) is 10.9. The topological polar surface area (TPSA) is 38.9 Å². The van der Waals surface area contributed by atoms with E-state index in [1.807, 2.05) is 13.8 Å². The highest BCUT2D eigenvalue weighted by Gasteiger charge is 2.14. The smallest absolute Gasteiger partial charge is 0.126 e. The lowest BCUT2D eigenvalue weighted by molar-refractivity contribution is 0.616. The van der Waals surface area contributed by atoms with E-state index in [0.717, 1.165) is 22.4 Å². The Hall–Kier alpha value is -1.74. The molecule has 94 valence electrons. The van der Waals surface area contributed by atoms with Gasteiger partial charge in [0, 0.05) is 6.20 Å². The molecular weight excluding hydrogens is 227 g/mol. The molecule has 1 atom stereocenters. The van der Waals surface area contributed by atoms with Crippen LogP contribution >= 0.6 is 0 Å². The summed E-state index contributed by atoms with van der Waals surface area (Å²) in [4.78, 5) is 4.39. The molecule has 0 aliphatic carbocycles. The van der Waals surface area contributed by atoms with Crippen LogP contribution in [0.15, 0.2) is 30.5 Å². The lowest BCUT2D eigenvalue weighted by Crippen LogP contribution is -2.15. The molecule has 3 heteroatoms. The molecule has 1 aromatic carbocycles. The van der Waals surface area contributed by atoms with Crippen molar-refractivity contribution < 1.29 is 4.39 Å². The first-order valence-corrected chi connectivity index (χ1v) is 5.94. The highest BCUT2D eigenvalue weighted by atomic mass is 19.1. The van der Waals surface area contributed by atoms with Gasteiger partial charge in [-0.2, -0.15) is 0 Å². The maximum Gasteiger partial charge on any atom is 0.126 e. The van der Waals surface area contributed by atoms with Gasteiger partial charge in [0.15, 0.2) is 0 Å². The number of halogens is 1. The summed E-state index contributed by atoms with van der Waals surface area (Å²) in [6.45, 7) is 5.73. The Kier molecular flexibility index (Phi) is 3.43. The van der Waals surface area contributed by atoms with Gasteiger partial charge in [-0.3, -0.25) is 4.98 Å². The van der Waals surface area contributed by atoms with Crippen molar-refractivity contribution in [1.29, 1.82) is 0 Å². The van der Waals surface area contributed by atoms with Gasteiger partial charge >= 0.3 is 0 Å². The summed E-state index contributed by atoms with van der Waals surface area (Å²) in [7, 11) is 0. The van der Waals surface area contributed by atoms with E-state index in [2.05, 4.69) is 11.1 Å². The van der Waals surface area contributed by atoms with E-state index >= 15 is 0 Å². The first kappa shape index (κ1) is 12.7. The summed E-state index contributed by atoms with van der Waals surface area (Å²) in [5.74, 6) is -0.209. The Morgan fingerprint density at radius 1 is 1.11 bits per heavy atom. The van der Waals surface area contributed by atoms with E-state index in [1.54, 1.807) is 25.3 Å². The van der Waals surface area contributed by atoms with Crippen LogP contribution in [0.1, 0.15) is 34.0 Å². The molecule has 0 spiro atoms. The van der Waals surface area contributed by atoms with Crippen molar-refractivity contribution >= 4 is 0 Å². The molecule has 1 heterocycles. The molecule has 0 aliphatic heterocycles. The SMILES string of the molecule is Cc1cnc(C(N)c2ccc(F)c(C)c2)c(C)c1. The molecule has 0 amide bonds. The maximum absolute atomic E-state index is 13.2. The van der Waals surface area contributed by atoms with E-state index in [9.17, 15) is 4.39 Å². The molecular formula is C15H17FN2. The molecule has 2 nitrogen and oxygen atoms in total. The van der Waals surface area contributed by atoms with Crippen molar-refractivity contribution in [2.24, 2.45) is 5.73 Å². The van der Waals surface area contributed by atoms with Gasteiger partial charge in [0.2, 0.25) is 0 Å². The van der Waals surface area contributed by atoms with Crippen LogP contribution in [0, 0.1) is 26.6 Å². The van der Waals surface area contributed by atoms with E-state index in [1.165, 1.54) is 6.07 Å². The Morgan fingerprint density at radius 3 is 2.44 bits per heavy atom. The Labute approximate surface area is 107 Å². The van der Waals surface area contributed by atoms with Gasteiger partial charge in [-0.1, -0.05) is 18.2 Å². The van der Waals surface area contributed by atoms with E-state index in [4.69, 9.17) is 5.73 Å². The van der Waals surface area contributed by atoms with Crippen LogP contribution in [0.3, 0.4) is 0 Å². The number of nitrogens with two attached hydrogens (primary N) is 1. The molecule has 1 aromatic heterocycles. The van der Waals surface area contributed by atoms with Crippen LogP contribution in [0.5, 0.6) is 0 Å². The molecule has 2 rings (SSSR count). The second-order valence-corrected chi connectivity index (χ2v) is 4.70. The third kappa shape index (κ3) is 2.41. The van der Waals surface area contributed by atoms with Crippen LogP contribution in [0.4, 0.5) is 4.39 Å². The molecule has 2 N–H and O–H groups in total. The molecule has 0 saturated heterocycles. The minimum absolute atomic E-state index is 0.209. The van der Waals surface area contributed by atoms with Crippen molar-refractivity contribution in [3.05, 3.63) is 64.2 Å². The zero-order valence-electron chi connectivity index (χ0n) is 10.9. The minimum Gasteiger partial charge on any atom is -0.319 e. The highest BCUT2D eigenvalue weighted by Crippen LogP contribution is 2.22. The fourth-order valence-electron chi connectivity index (χ4n) is 2.07. The van der Waals surface area contributed by atoms with Crippen molar-refractivity contribution in [2.45, 2.75) is 26.8 Å². The van der Waals surface area contributed by atoms with Crippen LogP contribution in [-0.4, -0.2) is 4.98 Å². The number of aryl methyl sites for hydroxylation is 3. The fourth-order valence-corrected chi connectivity index (χ4v) is 2.07. The van der Waals surface area contributed by atoms with Gasteiger partial charge in [0.05, 0.1) is 11.7 Å². The summed E-state index contributed by atoms with van der Waals surface area (Å²) in [5, 5.41) is 0. The summed E-state index contributed by atoms with van der Waals surface area (Å²) < 4.78 is 13.2. The quantitative estimate of drug-likeness (QED) is 0.881. The van der Waals surface area contributed by atoms with Crippen molar-refractivity contribution in [3.8, 4) is 0 Å². The van der Waals surface area contributed by atoms with Crippen molar-refractivity contribution in [2.75, 3.05) is 0 Å². The predicted octanol–water partition coefficient (Wildman–Crippen LogP) is 3.19. The molecule has 0 aliphatic rings. The number of aromatic nitrogens is 1. The third-order valence-electron chi connectivity index (χ3n) is 3.09. The van der Waals surface area contributed by atoms with Gasteiger partial charge in [-0.05, 0) is 49.1 Å². The highest BCUT2D eigenvalue weighted by molar-refractivity contribution is 5.35. The number of nitrogens with zero attached hydrogens (tertiary/aromatic N) is 1. The average molecular weight is 244 g/mol. The number of pyridine rings is 1. The largest absolute Gasteiger partial charge is 0.319 e. The van der Waals surface area contributed by atoms with Crippen LogP contribution in [-0.2, 0) is 0 Å². The molecule has 0 bridgehead atoms. The second-order valence-electron chi connectivity index (χ2n) is 4.70. The summed E-state index contributed by atoms with van der Waals surface area (Å²) >= 11 is 0. The monoisotopic (exact) mass is 244 g/mol. The van der Waals surface area contributed by atoms with Gasteiger partial charge in [0.1, 0.15) is 5.82 Å². The normalized spacial score (nSPS) is 12.5. The number of hydrogen-bond donors (Lipinski definition) is 1. The molecule has 1 unspecified atom stereocenters. The second kappa shape index (κ2) is 4.86. The lowest BCUT2D eigenvalue weighted by atomic mass is 9.98. The van der Waals surface area contributed by atoms with E-state index in [-0.39, 0.29) is 11.9 Å². The summed E-state index contributed by atoms with van der Waals surface area (Å²) in [6, 6.07) is 6.69. The summed E-state index contributed by atoms with van der Waals surface area (Å²) in [6.07, 6.45) is 1.80. The van der Waals surface area contributed by atoms with E-state index < -0.39 is 0 Å². The van der Waals surface area contributed by atoms with Crippen molar-refractivity contribution in [1.82, 2.24) is 4.98 Å². The predicted molar refractivity (Wildman–Crippen MR) is 70.9 cm³/mol. The Balaban J connectivity index is 2.41. The van der Waals surface area contributed by atoms with Crippen LogP contribution in [0.25, 0.3) is 0 Å². The fraction of sp³-hybridized carbons (Fsp3) is 0.267. The first-order valence-electron chi connectivity index (χ1n) is 5.94. The van der Waals surface area contributed by atoms with Gasteiger partial charge < -0.3 is 5.73 Å². The molecule has 2 aromatic rings. The third-order valence-corrected chi connectivity index (χ3v) is 3.09. The standard InChI is InChI=1S/C15H17FN2/c1-9-6-11(3)15(18-8-9)14(17)12-4-5-13(16)10(2)7-12/h4-8,14H,17H2,1-3H3. The Bertz CT molecular complexity index is 579. The lowest BCUT2D eigenvalue weighted by Gasteiger charge is -2.15.